The van der Waals surface area contributed by atoms with Gasteiger partial charge in [-0.3, -0.25) is 0 Å². The fourth-order valence-electron chi connectivity index (χ4n) is 8.19. The van der Waals surface area contributed by atoms with E-state index in [9.17, 15) is 0 Å². The molecule has 0 amide bonds. The van der Waals surface area contributed by atoms with Gasteiger partial charge in [-0.25, -0.2) is 0 Å². The lowest BCUT2D eigenvalue weighted by molar-refractivity contribution is 1.30. The summed E-state index contributed by atoms with van der Waals surface area (Å²) in [5, 5.41) is 2.41. The summed E-state index contributed by atoms with van der Waals surface area (Å²) in [7, 11) is 0. The first-order chi connectivity index (χ1) is 26.3. The predicted molar refractivity (Wildman–Crippen MR) is 225 cm³/mol. The zero-order valence-electron chi connectivity index (χ0n) is 29.2. The highest BCUT2D eigenvalue weighted by Crippen LogP contribution is 2.51. The van der Waals surface area contributed by atoms with Crippen molar-refractivity contribution in [3.8, 4) is 66.8 Å². The van der Waals surface area contributed by atoms with E-state index in [1.54, 1.807) is 0 Å². The van der Waals surface area contributed by atoms with Crippen LogP contribution in [0, 0.1) is 0 Å². The molecule has 0 aromatic heterocycles. The van der Waals surface area contributed by atoms with Gasteiger partial charge in [0.2, 0.25) is 0 Å². The van der Waals surface area contributed by atoms with E-state index < -0.39 is 0 Å². The van der Waals surface area contributed by atoms with Crippen LogP contribution in [0.15, 0.2) is 212 Å². The molecule has 0 aliphatic heterocycles. The summed E-state index contributed by atoms with van der Waals surface area (Å²) in [5.41, 5.74) is 18.0. The van der Waals surface area contributed by atoms with E-state index in [2.05, 4.69) is 217 Å². The first kappa shape index (κ1) is 30.8. The molecule has 9 aromatic carbocycles. The smallest absolute Gasteiger partial charge is 0.0540 e. The van der Waals surface area contributed by atoms with Crippen LogP contribution in [0.1, 0.15) is 0 Å². The molecule has 1 aliphatic carbocycles. The molecule has 0 bridgehead atoms. The van der Waals surface area contributed by atoms with Crippen molar-refractivity contribution in [2.24, 2.45) is 0 Å². The van der Waals surface area contributed by atoms with Crippen molar-refractivity contribution >= 4 is 27.8 Å². The SMILES string of the molecule is c1ccc(-c2ccc(N(c3ccc4c(c3)-c3ccccc3-c3ccccc3-c3ccccc3-4)c3cccc4ccccc34)c(-c3ccccc3)c2)cc1. The van der Waals surface area contributed by atoms with Crippen LogP contribution in [-0.4, -0.2) is 0 Å². The topological polar surface area (TPSA) is 3.24 Å². The average Bonchev–Trinajstić information content (AvgIpc) is 3.24. The zero-order valence-corrected chi connectivity index (χ0v) is 29.2. The van der Waals surface area contributed by atoms with Gasteiger partial charge in [-0.15, -0.1) is 0 Å². The van der Waals surface area contributed by atoms with Crippen LogP contribution in [-0.2, 0) is 0 Å². The van der Waals surface area contributed by atoms with E-state index in [4.69, 9.17) is 0 Å². The van der Waals surface area contributed by atoms with E-state index in [0.717, 1.165) is 17.1 Å². The quantitative estimate of drug-likeness (QED) is 0.176. The van der Waals surface area contributed by atoms with Crippen LogP contribution in [0.3, 0.4) is 0 Å². The van der Waals surface area contributed by atoms with Crippen molar-refractivity contribution in [1.82, 2.24) is 0 Å². The molecule has 0 atom stereocenters. The van der Waals surface area contributed by atoms with Crippen LogP contribution in [0.25, 0.3) is 77.5 Å². The van der Waals surface area contributed by atoms with Gasteiger partial charge in [0.05, 0.1) is 11.4 Å². The van der Waals surface area contributed by atoms with Gasteiger partial charge in [-0.2, -0.15) is 0 Å². The van der Waals surface area contributed by atoms with E-state index in [1.807, 2.05) is 0 Å². The Morgan fingerprint density at radius 1 is 0.245 bits per heavy atom. The van der Waals surface area contributed by atoms with Gasteiger partial charge in [0.25, 0.3) is 0 Å². The monoisotopic (exact) mass is 673 g/mol. The second kappa shape index (κ2) is 13.0. The van der Waals surface area contributed by atoms with Gasteiger partial charge in [0.15, 0.2) is 0 Å². The predicted octanol–water partition coefficient (Wildman–Crippen LogP) is 14.6. The van der Waals surface area contributed by atoms with Crippen LogP contribution in [0.2, 0.25) is 0 Å². The number of fused-ring (bicyclic) bond motifs is 9. The summed E-state index contributed by atoms with van der Waals surface area (Å²) in [6, 6.07) is 77.4. The molecule has 0 spiro atoms. The second-order valence-corrected chi connectivity index (χ2v) is 13.7. The van der Waals surface area contributed by atoms with E-state index >= 15 is 0 Å². The molecule has 0 radical (unpaired) electrons. The van der Waals surface area contributed by atoms with E-state index in [0.29, 0.717) is 0 Å². The van der Waals surface area contributed by atoms with Gasteiger partial charge in [0.1, 0.15) is 0 Å². The lowest BCUT2D eigenvalue weighted by Gasteiger charge is -2.31. The van der Waals surface area contributed by atoms with Crippen LogP contribution in [0.5, 0.6) is 0 Å². The average molecular weight is 674 g/mol. The molecular formula is C52H35N. The fraction of sp³-hybridized carbons (Fsp3) is 0. The summed E-state index contributed by atoms with van der Waals surface area (Å²) in [5.74, 6) is 0. The molecule has 0 unspecified atom stereocenters. The highest BCUT2D eigenvalue weighted by molar-refractivity contribution is 6.06. The van der Waals surface area contributed by atoms with Crippen molar-refractivity contribution in [3.63, 3.8) is 0 Å². The number of benzene rings is 9. The third-order valence-electron chi connectivity index (χ3n) is 10.6. The standard InChI is InChI=1S/C52H35N/c1-3-16-36(17-4-1)39-30-33-52(49(34-39)38-18-5-2-6-19-38)53(51-29-15-21-37-20-7-8-22-41(37)51)40-31-32-48-46-27-12-11-25-44(46)42-23-9-10-24-43(42)45-26-13-14-28-47(45)50(48)35-40/h1-35H. The Kier molecular flexibility index (Phi) is 7.55. The summed E-state index contributed by atoms with van der Waals surface area (Å²) >= 11 is 0. The highest BCUT2D eigenvalue weighted by Gasteiger charge is 2.25. The Morgan fingerprint density at radius 2 is 0.736 bits per heavy atom. The van der Waals surface area contributed by atoms with E-state index in [1.165, 1.54) is 77.5 Å². The molecular weight excluding hydrogens is 639 g/mol. The molecule has 1 heteroatoms. The number of anilines is 3. The van der Waals surface area contributed by atoms with E-state index in [-0.39, 0.29) is 0 Å². The molecule has 0 saturated heterocycles. The third-order valence-corrected chi connectivity index (χ3v) is 10.6. The maximum absolute atomic E-state index is 2.47. The number of hydrogen-bond donors (Lipinski definition) is 0. The molecule has 10 rings (SSSR count). The Hall–Kier alpha value is -6.96. The molecule has 0 heterocycles. The van der Waals surface area contributed by atoms with Gasteiger partial charge < -0.3 is 4.90 Å². The van der Waals surface area contributed by atoms with Gasteiger partial charge in [0, 0.05) is 16.6 Å². The van der Waals surface area contributed by atoms with Crippen molar-refractivity contribution in [2.45, 2.75) is 0 Å². The van der Waals surface area contributed by atoms with Crippen molar-refractivity contribution in [2.75, 3.05) is 4.90 Å². The molecule has 9 aromatic rings. The van der Waals surface area contributed by atoms with Crippen LogP contribution in [0.4, 0.5) is 17.1 Å². The maximum Gasteiger partial charge on any atom is 0.0540 e. The number of rotatable bonds is 5. The Labute approximate surface area is 310 Å². The summed E-state index contributed by atoms with van der Waals surface area (Å²) < 4.78 is 0. The Morgan fingerprint density at radius 3 is 1.36 bits per heavy atom. The Bertz CT molecular complexity index is 2770. The highest BCUT2D eigenvalue weighted by atomic mass is 15.1. The summed E-state index contributed by atoms with van der Waals surface area (Å²) in [6.07, 6.45) is 0. The van der Waals surface area contributed by atoms with Crippen molar-refractivity contribution in [3.05, 3.63) is 212 Å². The second-order valence-electron chi connectivity index (χ2n) is 13.7. The largest absolute Gasteiger partial charge is 0.309 e. The third kappa shape index (κ3) is 5.34. The van der Waals surface area contributed by atoms with Crippen LogP contribution >= 0.6 is 0 Å². The minimum absolute atomic E-state index is 1.10. The lowest BCUT2D eigenvalue weighted by Crippen LogP contribution is -2.12. The zero-order chi connectivity index (χ0) is 35.1. The molecule has 0 saturated carbocycles. The molecule has 0 N–H and O–H groups in total. The van der Waals surface area contributed by atoms with Gasteiger partial charge in [-0.1, -0.05) is 182 Å². The molecule has 53 heavy (non-hydrogen) atoms. The molecule has 1 aliphatic rings. The van der Waals surface area contributed by atoms with Crippen molar-refractivity contribution in [1.29, 1.82) is 0 Å². The summed E-state index contributed by atoms with van der Waals surface area (Å²) in [6.45, 7) is 0. The van der Waals surface area contributed by atoms with Gasteiger partial charge >= 0.3 is 0 Å². The van der Waals surface area contributed by atoms with Crippen LogP contribution < -0.4 is 4.90 Å². The molecule has 0 fully saturated rings. The summed E-state index contributed by atoms with van der Waals surface area (Å²) in [4.78, 5) is 2.47. The minimum Gasteiger partial charge on any atom is -0.309 e. The first-order valence-corrected chi connectivity index (χ1v) is 18.3. The minimum atomic E-state index is 1.10. The Balaban J connectivity index is 1.28. The van der Waals surface area contributed by atoms with Gasteiger partial charge in [-0.05, 0) is 96.9 Å². The normalized spacial score (nSPS) is 11.4. The lowest BCUT2D eigenvalue weighted by atomic mass is 9.81. The molecule has 248 valence electrons. The number of nitrogens with zero attached hydrogens (tertiary/aromatic N) is 1. The molecule has 1 nitrogen and oxygen atoms in total. The fourth-order valence-corrected chi connectivity index (χ4v) is 8.19. The number of hydrogen-bond acceptors (Lipinski definition) is 1. The van der Waals surface area contributed by atoms with Crippen molar-refractivity contribution < 1.29 is 0 Å². The first-order valence-electron chi connectivity index (χ1n) is 18.3. The maximum atomic E-state index is 2.47.